The molecule has 0 aliphatic carbocycles. The van der Waals surface area contributed by atoms with Gasteiger partial charge >= 0.3 is 0 Å². The molecule has 0 fully saturated rings. The Morgan fingerprint density at radius 1 is 1.33 bits per heavy atom. The third kappa shape index (κ3) is 3.63. The van der Waals surface area contributed by atoms with Crippen LogP contribution in [0, 0.1) is 0 Å². The summed E-state index contributed by atoms with van der Waals surface area (Å²) >= 11 is 3.39. The van der Waals surface area contributed by atoms with E-state index in [4.69, 9.17) is 9.26 Å². The van der Waals surface area contributed by atoms with Gasteiger partial charge in [-0.3, -0.25) is 0 Å². The van der Waals surface area contributed by atoms with Crippen molar-refractivity contribution in [2.75, 3.05) is 20.3 Å². The van der Waals surface area contributed by atoms with E-state index in [2.05, 4.69) is 31.4 Å². The van der Waals surface area contributed by atoms with E-state index in [1.54, 1.807) is 7.11 Å². The molecule has 2 rings (SSSR count). The van der Waals surface area contributed by atoms with Crippen LogP contribution in [-0.2, 0) is 11.3 Å². The molecule has 96 valence electrons. The topological polar surface area (TPSA) is 60.2 Å². The molecule has 0 saturated carbocycles. The Morgan fingerprint density at radius 3 is 2.83 bits per heavy atom. The lowest BCUT2D eigenvalue weighted by Gasteiger charge is -1.98. The summed E-state index contributed by atoms with van der Waals surface area (Å²) in [5.74, 6) is 1.18. The highest BCUT2D eigenvalue weighted by atomic mass is 79.9. The SMILES string of the molecule is COCCNCc1nc(-c2ccc(Br)cc2)no1. The maximum atomic E-state index is 5.15. The number of ether oxygens (including phenoxy) is 1. The van der Waals surface area contributed by atoms with Crippen LogP contribution in [0.2, 0.25) is 0 Å². The molecule has 0 bridgehead atoms. The molecule has 6 heteroatoms. The Kier molecular flexibility index (Phi) is 4.86. The van der Waals surface area contributed by atoms with E-state index in [1.807, 2.05) is 24.3 Å². The summed E-state index contributed by atoms with van der Waals surface area (Å²) in [7, 11) is 1.67. The third-order valence-corrected chi connectivity index (χ3v) is 2.86. The van der Waals surface area contributed by atoms with Gasteiger partial charge in [-0.05, 0) is 24.3 Å². The maximum Gasteiger partial charge on any atom is 0.240 e. The van der Waals surface area contributed by atoms with Gasteiger partial charge in [0, 0.05) is 23.7 Å². The van der Waals surface area contributed by atoms with Gasteiger partial charge in [-0.2, -0.15) is 4.98 Å². The molecule has 1 heterocycles. The molecule has 1 aromatic heterocycles. The Balaban J connectivity index is 1.95. The van der Waals surface area contributed by atoms with Gasteiger partial charge in [0.05, 0.1) is 13.2 Å². The summed E-state index contributed by atoms with van der Waals surface area (Å²) in [6, 6.07) is 7.78. The van der Waals surface area contributed by atoms with Crippen LogP contribution in [0.5, 0.6) is 0 Å². The summed E-state index contributed by atoms with van der Waals surface area (Å²) < 4.78 is 11.1. The van der Waals surface area contributed by atoms with E-state index < -0.39 is 0 Å². The number of nitrogens with zero attached hydrogens (tertiary/aromatic N) is 2. The van der Waals surface area contributed by atoms with Crippen molar-refractivity contribution >= 4 is 15.9 Å². The van der Waals surface area contributed by atoms with E-state index >= 15 is 0 Å². The van der Waals surface area contributed by atoms with Gasteiger partial charge in [0.2, 0.25) is 11.7 Å². The van der Waals surface area contributed by atoms with Crippen molar-refractivity contribution in [1.82, 2.24) is 15.5 Å². The Bertz CT molecular complexity index is 484. The molecular weight excluding hydrogens is 298 g/mol. The Morgan fingerprint density at radius 2 is 2.11 bits per heavy atom. The van der Waals surface area contributed by atoms with E-state index in [1.165, 1.54) is 0 Å². The normalized spacial score (nSPS) is 10.8. The van der Waals surface area contributed by atoms with Crippen LogP contribution in [0.3, 0.4) is 0 Å². The van der Waals surface area contributed by atoms with Crippen molar-refractivity contribution in [2.24, 2.45) is 0 Å². The first-order chi connectivity index (χ1) is 8.79. The number of halogens is 1. The van der Waals surface area contributed by atoms with Crippen molar-refractivity contribution in [3.8, 4) is 11.4 Å². The molecule has 0 spiro atoms. The first kappa shape index (κ1) is 13.2. The van der Waals surface area contributed by atoms with Gasteiger partial charge in [0.1, 0.15) is 0 Å². The molecule has 0 aliphatic heterocycles. The molecule has 0 unspecified atom stereocenters. The second-order valence-electron chi connectivity index (χ2n) is 3.69. The number of hydrogen-bond donors (Lipinski definition) is 1. The number of hydrogen-bond acceptors (Lipinski definition) is 5. The molecule has 0 atom stereocenters. The molecule has 0 amide bonds. The largest absolute Gasteiger partial charge is 0.383 e. The zero-order valence-electron chi connectivity index (χ0n) is 10.0. The number of nitrogens with one attached hydrogen (secondary N) is 1. The molecule has 1 aromatic carbocycles. The van der Waals surface area contributed by atoms with Crippen LogP contribution < -0.4 is 5.32 Å². The minimum atomic E-state index is 0.549. The van der Waals surface area contributed by atoms with Crippen molar-refractivity contribution in [3.05, 3.63) is 34.6 Å². The first-order valence-corrected chi connectivity index (χ1v) is 6.37. The molecular formula is C12H14BrN3O2. The van der Waals surface area contributed by atoms with Gasteiger partial charge in [0.25, 0.3) is 0 Å². The van der Waals surface area contributed by atoms with Gasteiger partial charge in [-0.1, -0.05) is 21.1 Å². The fraction of sp³-hybridized carbons (Fsp3) is 0.333. The van der Waals surface area contributed by atoms with Gasteiger partial charge in [-0.25, -0.2) is 0 Å². The smallest absolute Gasteiger partial charge is 0.240 e. The van der Waals surface area contributed by atoms with Gasteiger partial charge < -0.3 is 14.6 Å². The first-order valence-electron chi connectivity index (χ1n) is 5.58. The molecule has 0 aliphatic rings. The predicted molar refractivity (Wildman–Crippen MR) is 71.0 cm³/mol. The average Bonchev–Trinajstić information content (AvgIpc) is 2.84. The third-order valence-electron chi connectivity index (χ3n) is 2.33. The zero-order valence-corrected chi connectivity index (χ0v) is 11.6. The van der Waals surface area contributed by atoms with Crippen LogP contribution in [0.15, 0.2) is 33.3 Å². The highest BCUT2D eigenvalue weighted by Gasteiger charge is 2.07. The number of methoxy groups -OCH3 is 1. The molecule has 5 nitrogen and oxygen atoms in total. The maximum absolute atomic E-state index is 5.15. The Labute approximate surface area is 114 Å². The van der Waals surface area contributed by atoms with Crippen molar-refractivity contribution in [2.45, 2.75) is 6.54 Å². The minimum absolute atomic E-state index is 0.549. The average molecular weight is 312 g/mol. The van der Waals surface area contributed by atoms with Crippen LogP contribution in [0.4, 0.5) is 0 Å². The van der Waals surface area contributed by atoms with Gasteiger partial charge in [0.15, 0.2) is 0 Å². The molecule has 1 N–H and O–H groups in total. The van der Waals surface area contributed by atoms with Crippen molar-refractivity contribution in [3.63, 3.8) is 0 Å². The van der Waals surface area contributed by atoms with Crippen LogP contribution in [0.1, 0.15) is 5.89 Å². The Hall–Kier alpha value is -1.24. The lowest BCUT2D eigenvalue weighted by atomic mass is 10.2. The van der Waals surface area contributed by atoms with Gasteiger partial charge in [-0.15, -0.1) is 0 Å². The molecule has 18 heavy (non-hydrogen) atoms. The van der Waals surface area contributed by atoms with E-state index in [-0.39, 0.29) is 0 Å². The lowest BCUT2D eigenvalue weighted by molar-refractivity contribution is 0.197. The fourth-order valence-electron chi connectivity index (χ4n) is 1.41. The number of rotatable bonds is 6. The monoisotopic (exact) mass is 311 g/mol. The fourth-order valence-corrected chi connectivity index (χ4v) is 1.68. The highest BCUT2D eigenvalue weighted by Crippen LogP contribution is 2.18. The van der Waals surface area contributed by atoms with Crippen LogP contribution >= 0.6 is 15.9 Å². The zero-order chi connectivity index (χ0) is 12.8. The van der Waals surface area contributed by atoms with Crippen molar-refractivity contribution < 1.29 is 9.26 Å². The summed E-state index contributed by atoms with van der Waals surface area (Å²) in [6.45, 7) is 1.97. The molecule has 0 radical (unpaired) electrons. The second-order valence-corrected chi connectivity index (χ2v) is 4.60. The predicted octanol–water partition coefficient (Wildman–Crippen LogP) is 2.24. The van der Waals surface area contributed by atoms with Crippen LogP contribution in [-0.4, -0.2) is 30.4 Å². The minimum Gasteiger partial charge on any atom is -0.383 e. The van der Waals surface area contributed by atoms with Crippen molar-refractivity contribution in [1.29, 1.82) is 0 Å². The molecule has 2 aromatic rings. The summed E-state index contributed by atoms with van der Waals surface area (Å²) in [5, 5.41) is 7.09. The highest BCUT2D eigenvalue weighted by molar-refractivity contribution is 9.10. The van der Waals surface area contributed by atoms with E-state index in [9.17, 15) is 0 Å². The number of benzene rings is 1. The summed E-state index contributed by atoms with van der Waals surface area (Å²) in [4.78, 5) is 4.31. The number of aromatic nitrogens is 2. The standard InChI is InChI=1S/C12H14BrN3O2/c1-17-7-6-14-8-11-15-12(16-18-11)9-2-4-10(13)5-3-9/h2-5,14H,6-8H2,1H3. The summed E-state index contributed by atoms with van der Waals surface area (Å²) in [6.07, 6.45) is 0. The van der Waals surface area contributed by atoms with E-state index in [0.29, 0.717) is 24.9 Å². The summed E-state index contributed by atoms with van der Waals surface area (Å²) in [5.41, 5.74) is 0.935. The quantitative estimate of drug-likeness (QED) is 0.829. The second kappa shape index (κ2) is 6.63. The van der Waals surface area contributed by atoms with Crippen LogP contribution in [0.25, 0.3) is 11.4 Å². The lowest BCUT2D eigenvalue weighted by Crippen LogP contribution is -2.18. The van der Waals surface area contributed by atoms with E-state index in [0.717, 1.165) is 16.6 Å². The molecule has 0 saturated heterocycles.